The number of rotatable bonds is 6. The fourth-order valence-corrected chi connectivity index (χ4v) is 2.48. The largest absolute Gasteiger partial charge is 0.444 e. The summed E-state index contributed by atoms with van der Waals surface area (Å²) in [4.78, 5) is 22.3. The molecule has 2 amide bonds. The number of hydrogen-bond acceptors (Lipinski definition) is 4. The topological polar surface area (TPSA) is 93.4 Å². The van der Waals surface area contributed by atoms with Crippen LogP contribution in [0.5, 0.6) is 0 Å². The van der Waals surface area contributed by atoms with E-state index in [2.05, 4.69) is 10.6 Å². The molecule has 0 heterocycles. The van der Waals surface area contributed by atoms with Crippen LogP contribution in [0, 0.1) is 0 Å². The molecule has 0 saturated heterocycles. The van der Waals surface area contributed by atoms with Crippen molar-refractivity contribution in [3.8, 4) is 0 Å². The lowest BCUT2D eigenvalue weighted by Gasteiger charge is -2.30. The number of ether oxygens (including phenoxy) is 1. The molecule has 0 bridgehead atoms. The summed E-state index contributed by atoms with van der Waals surface area (Å²) < 4.78 is 5.26. The van der Waals surface area contributed by atoms with Crippen molar-refractivity contribution in [1.82, 2.24) is 10.6 Å². The normalized spacial score (nSPS) is 22.6. The number of carbonyl (C=O) groups excluding carboxylic acids is 2. The van der Waals surface area contributed by atoms with E-state index in [4.69, 9.17) is 10.5 Å². The van der Waals surface area contributed by atoms with Gasteiger partial charge in [-0.15, -0.1) is 0 Å². The first-order chi connectivity index (χ1) is 9.76. The summed E-state index contributed by atoms with van der Waals surface area (Å²) in [6, 6.07) is 0.665. The van der Waals surface area contributed by atoms with Crippen molar-refractivity contribution in [3.63, 3.8) is 0 Å². The van der Waals surface area contributed by atoms with Crippen molar-refractivity contribution in [2.45, 2.75) is 77.0 Å². The SMILES string of the molecule is CC(C)(C)OC(=O)NC1CCC(NCCCC(N)=O)CC1. The van der Waals surface area contributed by atoms with Gasteiger partial charge in [0.05, 0.1) is 0 Å². The molecule has 122 valence electrons. The van der Waals surface area contributed by atoms with E-state index in [1.165, 1.54) is 0 Å². The second-order valence-electron chi connectivity index (χ2n) is 6.72. The zero-order valence-electron chi connectivity index (χ0n) is 13.4. The Hall–Kier alpha value is -1.30. The standard InChI is InChI=1S/C15H29N3O3/c1-15(2,3)21-14(20)18-12-8-6-11(7-9-12)17-10-4-5-13(16)19/h11-12,17H,4-10H2,1-3H3,(H2,16,19)(H,18,20). The average Bonchev–Trinajstić information content (AvgIpc) is 2.34. The second-order valence-corrected chi connectivity index (χ2v) is 6.72. The molecule has 1 rings (SSSR count). The van der Waals surface area contributed by atoms with Gasteiger partial charge in [0.1, 0.15) is 5.60 Å². The van der Waals surface area contributed by atoms with Gasteiger partial charge in [-0.1, -0.05) is 0 Å². The molecule has 1 fully saturated rings. The van der Waals surface area contributed by atoms with Crippen molar-refractivity contribution in [2.24, 2.45) is 5.73 Å². The summed E-state index contributed by atoms with van der Waals surface area (Å²) in [6.07, 6.45) is 4.84. The van der Waals surface area contributed by atoms with E-state index in [9.17, 15) is 9.59 Å². The van der Waals surface area contributed by atoms with E-state index >= 15 is 0 Å². The number of nitrogens with one attached hydrogen (secondary N) is 2. The number of hydrogen-bond donors (Lipinski definition) is 3. The Labute approximate surface area is 127 Å². The molecule has 21 heavy (non-hydrogen) atoms. The lowest BCUT2D eigenvalue weighted by molar-refractivity contribution is -0.118. The van der Waals surface area contributed by atoms with Crippen molar-refractivity contribution in [3.05, 3.63) is 0 Å². The summed E-state index contributed by atoms with van der Waals surface area (Å²) in [7, 11) is 0. The first-order valence-electron chi connectivity index (χ1n) is 7.77. The highest BCUT2D eigenvalue weighted by Crippen LogP contribution is 2.19. The molecule has 0 aromatic rings. The quantitative estimate of drug-likeness (QED) is 0.650. The maximum absolute atomic E-state index is 11.7. The van der Waals surface area contributed by atoms with E-state index in [1.54, 1.807) is 0 Å². The van der Waals surface area contributed by atoms with Crippen molar-refractivity contribution < 1.29 is 14.3 Å². The van der Waals surface area contributed by atoms with Crippen LogP contribution < -0.4 is 16.4 Å². The Bertz CT molecular complexity index is 345. The Morgan fingerprint density at radius 2 is 1.71 bits per heavy atom. The molecule has 4 N–H and O–H groups in total. The summed E-state index contributed by atoms with van der Waals surface area (Å²) in [5.41, 5.74) is 4.65. The van der Waals surface area contributed by atoms with Crippen molar-refractivity contribution in [1.29, 1.82) is 0 Å². The third-order valence-corrected chi connectivity index (χ3v) is 3.48. The highest BCUT2D eigenvalue weighted by molar-refractivity contribution is 5.73. The third-order valence-electron chi connectivity index (χ3n) is 3.48. The maximum atomic E-state index is 11.7. The summed E-state index contributed by atoms with van der Waals surface area (Å²) in [5, 5.41) is 6.37. The first-order valence-corrected chi connectivity index (χ1v) is 7.77. The van der Waals surface area contributed by atoms with Gasteiger partial charge in [-0.25, -0.2) is 4.79 Å². The Kier molecular flexibility index (Phi) is 6.95. The minimum absolute atomic E-state index is 0.198. The molecular formula is C15H29N3O3. The molecule has 6 nitrogen and oxygen atoms in total. The van der Waals surface area contributed by atoms with Crippen LogP contribution in [0.15, 0.2) is 0 Å². The smallest absolute Gasteiger partial charge is 0.407 e. The lowest BCUT2D eigenvalue weighted by atomic mass is 9.91. The molecule has 0 atom stereocenters. The predicted octanol–water partition coefficient (Wildman–Crippen LogP) is 1.68. The highest BCUT2D eigenvalue weighted by atomic mass is 16.6. The van der Waals surface area contributed by atoms with E-state index < -0.39 is 5.60 Å². The van der Waals surface area contributed by atoms with Crippen molar-refractivity contribution in [2.75, 3.05) is 6.54 Å². The second kappa shape index (κ2) is 8.22. The number of primary amides is 1. The van der Waals surface area contributed by atoms with Crippen LogP contribution in [-0.2, 0) is 9.53 Å². The van der Waals surface area contributed by atoms with Gasteiger partial charge in [-0.3, -0.25) is 4.79 Å². The zero-order valence-corrected chi connectivity index (χ0v) is 13.4. The van der Waals surface area contributed by atoms with Gasteiger partial charge >= 0.3 is 6.09 Å². The van der Waals surface area contributed by atoms with E-state index in [0.29, 0.717) is 12.5 Å². The van der Waals surface area contributed by atoms with Crippen LogP contribution in [-0.4, -0.2) is 36.2 Å². The predicted molar refractivity (Wildman–Crippen MR) is 81.8 cm³/mol. The molecule has 0 spiro atoms. The Morgan fingerprint density at radius 3 is 2.24 bits per heavy atom. The van der Waals surface area contributed by atoms with Gasteiger partial charge in [0.25, 0.3) is 0 Å². The number of carbonyl (C=O) groups is 2. The molecule has 1 saturated carbocycles. The monoisotopic (exact) mass is 299 g/mol. The molecule has 0 aromatic carbocycles. The fourth-order valence-electron chi connectivity index (χ4n) is 2.48. The fraction of sp³-hybridized carbons (Fsp3) is 0.867. The average molecular weight is 299 g/mol. The van der Waals surface area contributed by atoms with Crippen LogP contribution in [0.3, 0.4) is 0 Å². The molecule has 0 radical (unpaired) electrons. The molecule has 0 aliphatic heterocycles. The van der Waals surface area contributed by atoms with Crippen LogP contribution in [0.1, 0.15) is 59.3 Å². The Morgan fingerprint density at radius 1 is 1.14 bits per heavy atom. The molecule has 6 heteroatoms. The van der Waals surface area contributed by atoms with Gasteiger partial charge in [0, 0.05) is 18.5 Å². The van der Waals surface area contributed by atoms with Crippen LogP contribution >= 0.6 is 0 Å². The summed E-state index contributed by atoms with van der Waals surface area (Å²) in [5.74, 6) is -0.248. The van der Waals surface area contributed by atoms with E-state index in [0.717, 1.165) is 38.6 Å². The number of nitrogens with two attached hydrogens (primary N) is 1. The van der Waals surface area contributed by atoms with E-state index in [1.807, 2.05) is 20.8 Å². The molecule has 1 aliphatic rings. The maximum Gasteiger partial charge on any atom is 0.407 e. The molecule has 0 aromatic heterocycles. The van der Waals surface area contributed by atoms with Gasteiger partial charge in [-0.2, -0.15) is 0 Å². The summed E-state index contributed by atoms with van der Waals surface area (Å²) >= 11 is 0. The Balaban J connectivity index is 2.14. The number of alkyl carbamates (subject to hydrolysis) is 1. The minimum atomic E-state index is -0.455. The zero-order chi connectivity index (χ0) is 15.9. The van der Waals surface area contributed by atoms with Crippen LogP contribution in [0.2, 0.25) is 0 Å². The molecule has 1 aliphatic carbocycles. The van der Waals surface area contributed by atoms with Gasteiger partial charge < -0.3 is 21.1 Å². The third kappa shape index (κ3) is 8.55. The summed E-state index contributed by atoms with van der Waals surface area (Å²) in [6.45, 7) is 6.40. The van der Waals surface area contributed by atoms with Gasteiger partial charge in [-0.05, 0) is 59.4 Å². The van der Waals surface area contributed by atoms with Crippen molar-refractivity contribution >= 4 is 12.0 Å². The molecular weight excluding hydrogens is 270 g/mol. The first kappa shape index (κ1) is 17.8. The van der Waals surface area contributed by atoms with E-state index in [-0.39, 0.29) is 18.0 Å². The number of amides is 2. The van der Waals surface area contributed by atoms with Gasteiger partial charge in [0.2, 0.25) is 5.91 Å². The van der Waals surface area contributed by atoms with Crippen LogP contribution in [0.25, 0.3) is 0 Å². The highest BCUT2D eigenvalue weighted by Gasteiger charge is 2.24. The van der Waals surface area contributed by atoms with Crippen LogP contribution in [0.4, 0.5) is 4.79 Å². The minimum Gasteiger partial charge on any atom is -0.444 e. The lowest BCUT2D eigenvalue weighted by Crippen LogP contribution is -2.44. The van der Waals surface area contributed by atoms with Gasteiger partial charge in [0.15, 0.2) is 0 Å². The molecule has 0 unspecified atom stereocenters.